The van der Waals surface area contributed by atoms with E-state index in [-0.39, 0.29) is 18.9 Å². The summed E-state index contributed by atoms with van der Waals surface area (Å²) in [5.41, 5.74) is 5.30. The topological polar surface area (TPSA) is 104 Å². The number of benzene rings is 2. The number of amides is 1. The van der Waals surface area contributed by atoms with E-state index in [0.717, 1.165) is 27.9 Å². The molecule has 1 heterocycles. The van der Waals surface area contributed by atoms with Crippen LogP contribution in [0.3, 0.4) is 0 Å². The van der Waals surface area contributed by atoms with Crippen LogP contribution in [0.25, 0.3) is 11.1 Å². The fourth-order valence-corrected chi connectivity index (χ4v) is 3.78. The van der Waals surface area contributed by atoms with E-state index in [2.05, 4.69) is 27.4 Å². The molecule has 7 nitrogen and oxygen atoms in total. The molecule has 1 aliphatic carbocycles. The fraction of sp³-hybridized carbons (Fsp3) is 0.227. The van der Waals surface area contributed by atoms with Crippen LogP contribution in [-0.2, 0) is 9.53 Å². The first-order valence-electron chi connectivity index (χ1n) is 9.37. The van der Waals surface area contributed by atoms with Crippen LogP contribution in [0.5, 0.6) is 0 Å². The van der Waals surface area contributed by atoms with E-state index in [1.807, 2.05) is 43.3 Å². The third-order valence-electron chi connectivity index (χ3n) is 5.07. The number of ether oxygens (including phenoxy) is 1. The van der Waals surface area contributed by atoms with E-state index in [1.54, 1.807) is 6.20 Å². The lowest BCUT2D eigenvalue weighted by molar-refractivity contribution is -0.137. The molecule has 0 fully saturated rings. The fourth-order valence-electron chi connectivity index (χ4n) is 3.78. The number of carboxylic acid groups (broad SMARTS) is 1. The van der Waals surface area contributed by atoms with E-state index < -0.39 is 18.1 Å². The third-order valence-corrected chi connectivity index (χ3v) is 5.07. The SMILES string of the molecule is Cc1cnc([C@H](CC(=O)O)NC(=O)OCC2c3ccccc3-c3ccccc32)[nH]1. The van der Waals surface area contributed by atoms with Gasteiger partial charge in [-0.25, -0.2) is 9.78 Å². The van der Waals surface area contributed by atoms with Crippen molar-refractivity contribution in [2.24, 2.45) is 0 Å². The second kappa shape index (κ2) is 7.79. The maximum Gasteiger partial charge on any atom is 0.407 e. The minimum Gasteiger partial charge on any atom is -0.481 e. The van der Waals surface area contributed by atoms with E-state index in [4.69, 9.17) is 9.84 Å². The van der Waals surface area contributed by atoms with Crippen molar-refractivity contribution in [1.82, 2.24) is 15.3 Å². The van der Waals surface area contributed by atoms with E-state index in [0.29, 0.717) is 5.82 Å². The second-order valence-electron chi connectivity index (χ2n) is 7.07. The van der Waals surface area contributed by atoms with E-state index >= 15 is 0 Å². The van der Waals surface area contributed by atoms with Crippen LogP contribution in [0, 0.1) is 6.92 Å². The van der Waals surface area contributed by atoms with Gasteiger partial charge >= 0.3 is 12.1 Å². The van der Waals surface area contributed by atoms with Gasteiger partial charge in [-0.1, -0.05) is 48.5 Å². The lowest BCUT2D eigenvalue weighted by Crippen LogP contribution is -2.32. The van der Waals surface area contributed by atoms with Gasteiger partial charge in [-0.15, -0.1) is 0 Å². The van der Waals surface area contributed by atoms with Gasteiger partial charge in [-0.05, 0) is 29.2 Å². The summed E-state index contributed by atoms with van der Waals surface area (Å²) in [5, 5.41) is 11.8. The number of carbonyl (C=O) groups is 2. The number of aromatic nitrogens is 2. The summed E-state index contributed by atoms with van der Waals surface area (Å²) in [4.78, 5) is 30.7. The molecular weight excluding hydrogens is 370 g/mol. The van der Waals surface area contributed by atoms with Crippen LogP contribution in [0.4, 0.5) is 4.79 Å². The van der Waals surface area contributed by atoms with Gasteiger partial charge in [0.1, 0.15) is 18.5 Å². The minimum atomic E-state index is -1.04. The molecule has 148 valence electrons. The molecule has 0 saturated carbocycles. The quantitative estimate of drug-likeness (QED) is 0.593. The number of alkyl carbamates (subject to hydrolysis) is 1. The van der Waals surface area contributed by atoms with Crippen molar-refractivity contribution in [3.8, 4) is 11.1 Å². The van der Waals surface area contributed by atoms with Gasteiger partial charge in [0.05, 0.1) is 6.42 Å². The molecule has 0 unspecified atom stereocenters. The number of fused-ring (bicyclic) bond motifs is 3. The first kappa shape index (κ1) is 18.7. The monoisotopic (exact) mass is 391 g/mol. The summed E-state index contributed by atoms with van der Waals surface area (Å²) < 4.78 is 5.50. The Labute approximate surface area is 167 Å². The Morgan fingerprint density at radius 3 is 2.31 bits per heavy atom. The molecule has 0 spiro atoms. The molecule has 0 aliphatic heterocycles. The Kier molecular flexibility index (Phi) is 5.03. The number of aryl methyl sites for hydroxylation is 1. The van der Waals surface area contributed by atoms with Crippen molar-refractivity contribution in [3.05, 3.63) is 77.4 Å². The van der Waals surface area contributed by atoms with Crippen LogP contribution < -0.4 is 5.32 Å². The molecule has 2 aromatic carbocycles. The van der Waals surface area contributed by atoms with Crippen LogP contribution in [0.1, 0.15) is 41.0 Å². The van der Waals surface area contributed by atoms with Crippen LogP contribution in [-0.4, -0.2) is 33.7 Å². The molecule has 1 atom stereocenters. The summed E-state index contributed by atoms with van der Waals surface area (Å²) in [6, 6.07) is 15.4. The number of hydrogen-bond donors (Lipinski definition) is 3. The Bertz CT molecular complexity index is 1010. The summed E-state index contributed by atoms with van der Waals surface area (Å²) in [5.74, 6) is -0.710. The lowest BCUT2D eigenvalue weighted by atomic mass is 9.98. The van der Waals surface area contributed by atoms with Crippen LogP contribution >= 0.6 is 0 Å². The van der Waals surface area contributed by atoms with Crippen molar-refractivity contribution >= 4 is 12.1 Å². The Morgan fingerprint density at radius 2 is 1.76 bits per heavy atom. The van der Waals surface area contributed by atoms with Crippen molar-refractivity contribution in [3.63, 3.8) is 0 Å². The number of imidazole rings is 1. The standard InChI is InChI=1S/C22H21N3O4/c1-13-11-23-21(24-13)19(10-20(26)27)25-22(28)29-12-18-16-8-4-2-6-14(16)15-7-3-5-9-17(15)18/h2-9,11,18-19H,10,12H2,1H3,(H,23,24)(H,25,28)(H,26,27)/t19-/m0/s1. The lowest BCUT2D eigenvalue weighted by Gasteiger charge is -2.17. The Morgan fingerprint density at radius 1 is 1.14 bits per heavy atom. The van der Waals surface area contributed by atoms with Gasteiger partial charge in [0, 0.05) is 17.8 Å². The molecule has 3 aromatic rings. The van der Waals surface area contributed by atoms with Crippen LogP contribution in [0.2, 0.25) is 0 Å². The molecule has 1 aromatic heterocycles. The minimum absolute atomic E-state index is 0.0584. The number of aromatic amines is 1. The number of H-pyrrole nitrogens is 1. The van der Waals surface area contributed by atoms with Crippen molar-refractivity contribution in [2.75, 3.05) is 6.61 Å². The molecule has 3 N–H and O–H groups in total. The maximum atomic E-state index is 12.4. The average Bonchev–Trinajstić information content (AvgIpc) is 3.27. The zero-order chi connectivity index (χ0) is 20.4. The molecule has 7 heteroatoms. The first-order valence-corrected chi connectivity index (χ1v) is 9.37. The summed E-state index contributed by atoms with van der Waals surface area (Å²) in [6.07, 6.45) is 0.618. The number of carboxylic acids is 1. The molecule has 0 radical (unpaired) electrons. The summed E-state index contributed by atoms with van der Waals surface area (Å²) >= 11 is 0. The molecule has 1 amide bonds. The highest BCUT2D eigenvalue weighted by atomic mass is 16.5. The largest absolute Gasteiger partial charge is 0.481 e. The zero-order valence-electron chi connectivity index (χ0n) is 15.9. The number of carbonyl (C=O) groups excluding carboxylic acids is 1. The Hall–Kier alpha value is -3.61. The number of nitrogens with one attached hydrogen (secondary N) is 2. The summed E-state index contributed by atoms with van der Waals surface area (Å²) in [6.45, 7) is 1.97. The number of aliphatic carboxylic acids is 1. The van der Waals surface area contributed by atoms with Gasteiger partial charge in [-0.3, -0.25) is 4.79 Å². The molecule has 0 bridgehead atoms. The molecule has 0 saturated heterocycles. The van der Waals surface area contributed by atoms with Gasteiger partial charge in [0.2, 0.25) is 0 Å². The molecule has 4 rings (SSSR count). The van der Waals surface area contributed by atoms with Crippen molar-refractivity contribution in [2.45, 2.75) is 25.3 Å². The predicted molar refractivity (Wildman–Crippen MR) is 107 cm³/mol. The normalized spacial score (nSPS) is 13.4. The highest BCUT2D eigenvalue weighted by Gasteiger charge is 2.29. The van der Waals surface area contributed by atoms with E-state index in [1.165, 1.54) is 0 Å². The molecule has 29 heavy (non-hydrogen) atoms. The predicted octanol–water partition coefficient (Wildman–Crippen LogP) is 3.77. The maximum absolute atomic E-state index is 12.4. The highest BCUT2D eigenvalue weighted by molar-refractivity contribution is 5.79. The number of rotatable bonds is 6. The van der Waals surface area contributed by atoms with Crippen LogP contribution in [0.15, 0.2) is 54.7 Å². The number of nitrogens with zero attached hydrogens (tertiary/aromatic N) is 1. The summed E-state index contributed by atoms with van der Waals surface area (Å²) in [7, 11) is 0. The Balaban J connectivity index is 1.47. The van der Waals surface area contributed by atoms with Gasteiger partial charge in [-0.2, -0.15) is 0 Å². The second-order valence-corrected chi connectivity index (χ2v) is 7.07. The zero-order valence-corrected chi connectivity index (χ0v) is 15.9. The van der Waals surface area contributed by atoms with Crippen molar-refractivity contribution in [1.29, 1.82) is 0 Å². The average molecular weight is 391 g/mol. The number of hydrogen-bond acceptors (Lipinski definition) is 4. The molecular formula is C22H21N3O4. The highest BCUT2D eigenvalue weighted by Crippen LogP contribution is 2.44. The first-order chi connectivity index (χ1) is 14.0. The van der Waals surface area contributed by atoms with Gasteiger partial charge in [0.25, 0.3) is 0 Å². The molecule has 1 aliphatic rings. The third kappa shape index (κ3) is 3.85. The van der Waals surface area contributed by atoms with Gasteiger partial charge in [0.15, 0.2) is 0 Å². The van der Waals surface area contributed by atoms with E-state index in [9.17, 15) is 9.59 Å². The van der Waals surface area contributed by atoms with Gasteiger partial charge < -0.3 is 20.1 Å². The van der Waals surface area contributed by atoms with Crippen molar-refractivity contribution < 1.29 is 19.4 Å². The smallest absolute Gasteiger partial charge is 0.407 e.